The van der Waals surface area contributed by atoms with E-state index in [2.05, 4.69) is 6.58 Å². The molecule has 1 unspecified atom stereocenters. The second-order valence-corrected chi connectivity index (χ2v) is 3.13. The lowest BCUT2D eigenvalue weighted by Gasteiger charge is -2.09. The van der Waals surface area contributed by atoms with Crippen LogP contribution in [0, 0.1) is 0 Å². The van der Waals surface area contributed by atoms with Crippen molar-refractivity contribution in [1.82, 2.24) is 0 Å². The van der Waals surface area contributed by atoms with Crippen LogP contribution in [0.15, 0.2) is 23.8 Å². The van der Waals surface area contributed by atoms with Crippen LogP contribution in [0.3, 0.4) is 0 Å². The van der Waals surface area contributed by atoms with E-state index in [0.29, 0.717) is 5.57 Å². The Bertz CT molecular complexity index is 210. The predicted octanol–water partition coefficient (Wildman–Crippen LogP) is 2.46. The molecule has 0 radical (unpaired) electrons. The highest BCUT2D eigenvalue weighted by Gasteiger charge is 2.06. The molecule has 0 rings (SSSR count). The van der Waals surface area contributed by atoms with E-state index in [-0.39, 0.29) is 12.1 Å². The van der Waals surface area contributed by atoms with E-state index in [0.717, 1.165) is 5.57 Å². The van der Waals surface area contributed by atoms with Crippen molar-refractivity contribution in [2.75, 3.05) is 0 Å². The molecule has 0 aliphatic rings. The molecule has 0 heterocycles. The van der Waals surface area contributed by atoms with Crippen molar-refractivity contribution in [3.63, 3.8) is 0 Å². The maximum absolute atomic E-state index is 11.0. The number of hydrogen-bond acceptors (Lipinski definition) is 2. The van der Waals surface area contributed by atoms with E-state index in [9.17, 15) is 4.79 Å². The molecule has 2 nitrogen and oxygen atoms in total. The molecule has 0 saturated heterocycles. The first-order chi connectivity index (χ1) is 5.43. The number of rotatable bonds is 3. The molecule has 0 aliphatic carbocycles. The van der Waals surface area contributed by atoms with Crippen molar-refractivity contribution in [3.05, 3.63) is 23.8 Å². The molecular formula is C10H16O2. The highest BCUT2D eigenvalue weighted by Crippen LogP contribution is 2.02. The van der Waals surface area contributed by atoms with Gasteiger partial charge < -0.3 is 4.74 Å². The fourth-order valence-corrected chi connectivity index (χ4v) is 0.773. The van der Waals surface area contributed by atoms with Crippen LogP contribution in [0.2, 0.25) is 0 Å². The van der Waals surface area contributed by atoms with Crippen molar-refractivity contribution < 1.29 is 9.53 Å². The fourth-order valence-electron chi connectivity index (χ4n) is 0.773. The summed E-state index contributed by atoms with van der Waals surface area (Å²) in [6.45, 7) is 10.9. The van der Waals surface area contributed by atoms with Crippen LogP contribution in [0.4, 0.5) is 0 Å². The van der Waals surface area contributed by atoms with Crippen molar-refractivity contribution >= 4 is 5.97 Å². The minimum Gasteiger partial charge on any atom is -0.455 e. The first-order valence-electron chi connectivity index (χ1n) is 3.95. The number of carbonyl (C=O) groups excluding carboxylic acids is 1. The number of esters is 1. The van der Waals surface area contributed by atoms with Gasteiger partial charge in [0.15, 0.2) is 0 Å². The molecular weight excluding hydrogens is 152 g/mol. The standard InChI is InChI=1S/C10H16O2/c1-7(2)6-9(5)12-10(11)8(3)4/h6,9H,3H2,1-2,4-5H3. The van der Waals surface area contributed by atoms with E-state index >= 15 is 0 Å². The highest BCUT2D eigenvalue weighted by molar-refractivity contribution is 5.87. The van der Waals surface area contributed by atoms with E-state index in [1.165, 1.54) is 0 Å². The van der Waals surface area contributed by atoms with Gasteiger partial charge in [-0.15, -0.1) is 0 Å². The van der Waals surface area contributed by atoms with Crippen LogP contribution in [0.5, 0.6) is 0 Å². The van der Waals surface area contributed by atoms with Crippen LogP contribution in [0.1, 0.15) is 27.7 Å². The van der Waals surface area contributed by atoms with Crippen LogP contribution < -0.4 is 0 Å². The Labute approximate surface area is 73.9 Å². The van der Waals surface area contributed by atoms with Gasteiger partial charge in [0.1, 0.15) is 6.10 Å². The quantitative estimate of drug-likeness (QED) is 0.367. The lowest BCUT2D eigenvalue weighted by molar-refractivity contribution is -0.141. The third-order valence-corrected chi connectivity index (χ3v) is 1.21. The first-order valence-corrected chi connectivity index (χ1v) is 3.95. The number of ether oxygens (including phenoxy) is 1. The molecule has 0 aromatic heterocycles. The van der Waals surface area contributed by atoms with Crippen LogP contribution in [0.25, 0.3) is 0 Å². The molecule has 0 aromatic carbocycles. The number of allylic oxidation sites excluding steroid dienone is 1. The summed E-state index contributed by atoms with van der Waals surface area (Å²) in [4.78, 5) is 11.0. The maximum atomic E-state index is 11.0. The molecule has 0 aromatic rings. The summed E-state index contributed by atoms with van der Waals surface area (Å²) in [5.74, 6) is -0.333. The molecule has 68 valence electrons. The molecule has 0 saturated carbocycles. The Hall–Kier alpha value is -1.05. The minimum absolute atomic E-state index is 0.167. The lowest BCUT2D eigenvalue weighted by atomic mass is 10.2. The van der Waals surface area contributed by atoms with Crippen LogP contribution in [-0.2, 0) is 9.53 Å². The lowest BCUT2D eigenvalue weighted by Crippen LogP contribution is -2.13. The van der Waals surface area contributed by atoms with Gasteiger partial charge in [-0.1, -0.05) is 12.2 Å². The van der Waals surface area contributed by atoms with E-state index in [1.54, 1.807) is 6.92 Å². The van der Waals surface area contributed by atoms with Gasteiger partial charge in [-0.25, -0.2) is 4.79 Å². The van der Waals surface area contributed by atoms with Crippen LogP contribution >= 0.6 is 0 Å². The summed E-state index contributed by atoms with van der Waals surface area (Å²) in [6, 6.07) is 0. The van der Waals surface area contributed by atoms with Crippen molar-refractivity contribution in [1.29, 1.82) is 0 Å². The Balaban J connectivity index is 4.02. The summed E-state index contributed by atoms with van der Waals surface area (Å²) >= 11 is 0. The number of carbonyl (C=O) groups is 1. The molecule has 0 fully saturated rings. The molecule has 2 heteroatoms. The largest absolute Gasteiger partial charge is 0.455 e. The first kappa shape index (κ1) is 11.0. The number of hydrogen-bond donors (Lipinski definition) is 0. The van der Waals surface area contributed by atoms with Crippen LogP contribution in [-0.4, -0.2) is 12.1 Å². The smallest absolute Gasteiger partial charge is 0.333 e. The SMILES string of the molecule is C=C(C)C(=O)OC(C)C=C(C)C. The molecule has 0 aliphatic heterocycles. The van der Waals surface area contributed by atoms with Gasteiger partial charge in [-0.05, 0) is 33.8 Å². The summed E-state index contributed by atoms with van der Waals surface area (Å²) in [6.07, 6.45) is 1.72. The predicted molar refractivity (Wildman–Crippen MR) is 49.8 cm³/mol. The summed E-state index contributed by atoms with van der Waals surface area (Å²) in [5, 5.41) is 0. The van der Waals surface area contributed by atoms with Gasteiger partial charge in [0.2, 0.25) is 0 Å². The van der Waals surface area contributed by atoms with Gasteiger partial charge in [0, 0.05) is 5.57 Å². The van der Waals surface area contributed by atoms with E-state index in [4.69, 9.17) is 4.74 Å². The minimum atomic E-state index is -0.333. The second kappa shape index (κ2) is 4.75. The van der Waals surface area contributed by atoms with E-state index < -0.39 is 0 Å². The molecule has 1 atom stereocenters. The monoisotopic (exact) mass is 168 g/mol. The van der Waals surface area contributed by atoms with Gasteiger partial charge in [0.05, 0.1) is 0 Å². The van der Waals surface area contributed by atoms with Crippen molar-refractivity contribution in [3.8, 4) is 0 Å². The van der Waals surface area contributed by atoms with Gasteiger partial charge in [-0.2, -0.15) is 0 Å². The molecule has 0 N–H and O–H groups in total. The summed E-state index contributed by atoms with van der Waals surface area (Å²) in [7, 11) is 0. The Morgan fingerprint density at radius 1 is 1.42 bits per heavy atom. The topological polar surface area (TPSA) is 26.3 Å². The third kappa shape index (κ3) is 4.72. The molecule has 0 spiro atoms. The van der Waals surface area contributed by atoms with Gasteiger partial charge in [0.25, 0.3) is 0 Å². The highest BCUT2D eigenvalue weighted by atomic mass is 16.5. The van der Waals surface area contributed by atoms with E-state index in [1.807, 2.05) is 26.8 Å². The Morgan fingerprint density at radius 2 is 1.92 bits per heavy atom. The summed E-state index contributed by atoms with van der Waals surface area (Å²) in [5.41, 5.74) is 1.57. The fraction of sp³-hybridized carbons (Fsp3) is 0.500. The van der Waals surface area contributed by atoms with Crippen molar-refractivity contribution in [2.45, 2.75) is 33.8 Å². The zero-order chi connectivity index (χ0) is 9.72. The maximum Gasteiger partial charge on any atom is 0.333 e. The Morgan fingerprint density at radius 3 is 2.25 bits per heavy atom. The average molecular weight is 168 g/mol. The molecule has 0 bridgehead atoms. The zero-order valence-electron chi connectivity index (χ0n) is 8.18. The Kier molecular flexibility index (Phi) is 4.34. The molecule has 12 heavy (non-hydrogen) atoms. The van der Waals surface area contributed by atoms with Gasteiger partial charge >= 0.3 is 5.97 Å². The van der Waals surface area contributed by atoms with Gasteiger partial charge in [-0.3, -0.25) is 0 Å². The summed E-state index contributed by atoms with van der Waals surface area (Å²) < 4.78 is 5.01. The normalized spacial score (nSPS) is 11.7. The van der Waals surface area contributed by atoms with Crippen molar-refractivity contribution in [2.24, 2.45) is 0 Å². The zero-order valence-corrected chi connectivity index (χ0v) is 8.18. The molecule has 0 amide bonds. The average Bonchev–Trinajstić information content (AvgIpc) is 1.84. The third-order valence-electron chi connectivity index (χ3n) is 1.21. The second-order valence-electron chi connectivity index (χ2n) is 3.13.